The van der Waals surface area contributed by atoms with Crippen LogP contribution in [0.5, 0.6) is 0 Å². The molecule has 4 heteroatoms. The highest BCUT2D eigenvalue weighted by atomic mass is 32.1. The van der Waals surface area contributed by atoms with E-state index in [4.69, 9.17) is 0 Å². The Labute approximate surface area is 92.1 Å². The maximum Gasteiger partial charge on any atom is 0.318 e. The molecule has 0 aliphatic rings. The summed E-state index contributed by atoms with van der Waals surface area (Å²) in [5, 5.41) is 9.79. The summed E-state index contributed by atoms with van der Waals surface area (Å²) in [6, 6.07) is 5.74. The lowest BCUT2D eigenvalue weighted by atomic mass is 10.2. The van der Waals surface area contributed by atoms with Crippen LogP contribution in [-0.2, 0) is 0 Å². The number of hydrogen-bond donors (Lipinski definition) is 2. The molecule has 2 aromatic rings. The van der Waals surface area contributed by atoms with E-state index >= 15 is 0 Å². The van der Waals surface area contributed by atoms with Gasteiger partial charge in [-0.3, -0.25) is 0 Å². The van der Waals surface area contributed by atoms with E-state index in [1.54, 1.807) is 18.4 Å². The van der Waals surface area contributed by atoms with Gasteiger partial charge in [-0.1, -0.05) is 6.07 Å². The largest absolute Gasteiger partial charge is 0.341 e. The summed E-state index contributed by atoms with van der Waals surface area (Å²) in [7, 11) is 1.60. The third-order valence-electron chi connectivity index (χ3n) is 2.28. The van der Waals surface area contributed by atoms with Crippen LogP contribution in [0.15, 0.2) is 23.6 Å². The molecule has 0 bridgehead atoms. The number of rotatable bonds is 1. The molecular formula is C11H12N2OS. The lowest BCUT2D eigenvalue weighted by molar-refractivity contribution is 0.254. The second-order valence-electron chi connectivity index (χ2n) is 3.30. The number of amides is 2. The number of anilines is 1. The van der Waals surface area contributed by atoms with Crippen LogP contribution in [-0.4, -0.2) is 13.1 Å². The van der Waals surface area contributed by atoms with Crippen LogP contribution in [0.4, 0.5) is 10.5 Å². The topological polar surface area (TPSA) is 41.1 Å². The third kappa shape index (κ3) is 1.94. The van der Waals surface area contributed by atoms with E-state index in [2.05, 4.69) is 22.9 Å². The minimum atomic E-state index is -0.193. The van der Waals surface area contributed by atoms with E-state index in [-0.39, 0.29) is 6.03 Å². The molecule has 0 radical (unpaired) electrons. The van der Waals surface area contributed by atoms with Crippen molar-refractivity contribution in [3.8, 4) is 0 Å². The zero-order chi connectivity index (χ0) is 10.8. The Morgan fingerprint density at radius 1 is 1.40 bits per heavy atom. The van der Waals surface area contributed by atoms with Gasteiger partial charge in [0.15, 0.2) is 0 Å². The first-order chi connectivity index (χ1) is 7.20. The Morgan fingerprint density at radius 3 is 2.93 bits per heavy atom. The SMILES string of the molecule is CNC(=O)Nc1ccc2c(C)scc2c1. The average Bonchev–Trinajstić information content (AvgIpc) is 2.60. The first-order valence-corrected chi connectivity index (χ1v) is 5.55. The first-order valence-electron chi connectivity index (χ1n) is 4.67. The molecule has 1 heterocycles. The second kappa shape index (κ2) is 3.90. The fourth-order valence-corrected chi connectivity index (χ4v) is 2.28. The van der Waals surface area contributed by atoms with Gasteiger partial charge < -0.3 is 10.6 Å². The van der Waals surface area contributed by atoms with Crippen molar-refractivity contribution in [1.29, 1.82) is 0 Å². The van der Waals surface area contributed by atoms with Gasteiger partial charge in [-0.2, -0.15) is 0 Å². The number of fused-ring (bicyclic) bond motifs is 1. The van der Waals surface area contributed by atoms with Gasteiger partial charge in [-0.15, -0.1) is 11.3 Å². The number of aryl methyl sites for hydroxylation is 1. The molecule has 2 rings (SSSR count). The molecule has 0 atom stereocenters. The number of carbonyl (C=O) groups is 1. The molecule has 1 aromatic heterocycles. The third-order valence-corrected chi connectivity index (χ3v) is 3.22. The van der Waals surface area contributed by atoms with Crippen molar-refractivity contribution in [3.05, 3.63) is 28.5 Å². The fraction of sp³-hybridized carbons (Fsp3) is 0.182. The number of benzene rings is 1. The van der Waals surface area contributed by atoms with Gasteiger partial charge in [0.2, 0.25) is 0 Å². The summed E-state index contributed by atoms with van der Waals surface area (Å²) in [6.45, 7) is 2.10. The van der Waals surface area contributed by atoms with Gasteiger partial charge in [0.1, 0.15) is 0 Å². The minimum Gasteiger partial charge on any atom is -0.341 e. The minimum absolute atomic E-state index is 0.193. The standard InChI is InChI=1S/C11H12N2OS/c1-7-10-4-3-9(13-11(14)12-2)5-8(10)6-15-7/h3-6H,1-2H3,(H2,12,13,14). The number of carbonyl (C=O) groups excluding carboxylic acids is 1. The Bertz CT molecular complexity index is 504. The summed E-state index contributed by atoms with van der Waals surface area (Å²) < 4.78 is 0. The number of urea groups is 1. The predicted molar refractivity (Wildman–Crippen MR) is 64.6 cm³/mol. The monoisotopic (exact) mass is 220 g/mol. The van der Waals surface area contributed by atoms with Crippen LogP contribution in [0.1, 0.15) is 4.88 Å². The van der Waals surface area contributed by atoms with Gasteiger partial charge in [-0.25, -0.2) is 4.79 Å². The van der Waals surface area contributed by atoms with Crippen molar-refractivity contribution < 1.29 is 4.79 Å². The van der Waals surface area contributed by atoms with Gasteiger partial charge in [0.25, 0.3) is 0 Å². The molecule has 2 amide bonds. The van der Waals surface area contributed by atoms with E-state index in [9.17, 15) is 4.79 Å². The molecular weight excluding hydrogens is 208 g/mol. The lowest BCUT2D eigenvalue weighted by Crippen LogP contribution is -2.24. The van der Waals surface area contributed by atoms with E-state index in [1.165, 1.54) is 15.6 Å². The fourth-order valence-electron chi connectivity index (χ4n) is 1.47. The van der Waals surface area contributed by atoms with E-state index < -0.39 is 0 Å². The van der Waals surface area contributed by atoms with Crippen LogP contribution in [0.3, 0.4) is 0 Å². The van der Waals surface area contributed by atoms with Gasteiger partial charge >= 0.3 is 6.03 Å². The number of hydrogen-bond acceptors (Lipinski definition) is 2. The summed E-state index contributed by atoms with van der Waals surface area (Å²) in [5.41, 5.74) is 0.819. The van der Waals surface area contributed by atoms with E-state index in [0.717, 1.165) is 5.69 Å². The molecule has 1 aromatic carbocycles. The van der Waals surface area contributed by atoms with Crippen molar-refractivity contribution >= 4 is 33.8 Å². The highest BCUT2D eigenvalue weighted by molar-refractivity contribution is 7.11. The van der Waals surface area contributed by atoms with Gasteiger partial charge in [0.05, 0.1) is 0 Å². The smallest absolute Gasteiger partial charge is 0.318 e. The molecule has 3 nitrogen and oxygen atoms in total. The summed E-state index contributed by atoms with van der Waals surface area (Å²) in [4.78, 5) is 12.4. The summed E-state index contributed by atoms with van der Waals surface area (Å²) >= 11 is 1.72. The van der Waals surface area contributed by atoms with Crippen molar-refractivity contribution in [2.24, 2.45) is 0 Å². The molecule has 15 heavy (non-hydrogen) atoms. The zero-order valence-corrected chi connectivity index (χ0v) is 9.44. The summed E-state index contributed by atoms with van der Waals surface area (Å²) in [5.74, 6) is 0. The molecule has 0 unspecified atom stereocenters. The second-order valence-corrected chi connectivity index (χ2v) is 4.38. The molecule has 0 aliphatic carbocycles. The van der Waals surface area contributed by atoms with E-state index in [0.29, 0.717) is 0 Å². The van der Waals surface area contributed by atoms with Crippen LogP contribution in [0.25, 0.3) is 10.8 Å². The quantitative estimate of drug-likeness (QED) is 0.762. The number of thiophene rings is 1. The predicted octanol–water partition coefficient (Wildman–Crippen LogP) is 2.96. The van der Waals surface area contributed by atoms with Crippen molar-refractivity contribution in [1.82, 2.24) is 5.32 Å². The van der Waals surface area contributed by atoms with Crippen LogP contribution < -0.4 is 10.6 Å². The lowest BCUT2D eigenvalue weighted by Gasteiger charge is -2.04. The Morgan fingerprint density at radius 2 is 2.20 bits per heavy atom. The molecule has 0 spiro atoms. The number of nitrogens with one attached hydrogen (secondary N) is 2. The Hall–Kier alpha value is -1.55. The van der Waals surface area contributed by atoms with Crippen LogP contribution in [0, 0.1) is 6.92 Å². The van der Waals surface area contributed by atoms with Crippen molar-refractivity contribution in [3.63, 3.8) is 0 Å². The first kappa shape index (κ1) is 9.98. The highest BCUT2D eigenvalue weighted by Crippen LogP contribution is 2.27. The molecule has 2 N–H and O–H groups in total. The van der Waals surface area contributed by atoms with Crippen LogP contribution >= 0.6 is 11.3 Å². The molecule has 0 fully saturated rings. The molecule has 0 saturated carbocycles. The Kier molecular flexibility index (Phi) is 2.60. The maximum atomic E-state index is 11.1. The van der Waals surface area contributed by atoms with Crippen LogP contribution in [0.2, 0.25) is 0 Å². The van der Waals surface area contributed by atoms with Crippen molar-refractivity contribution in [2.45, 2.75) is 6.92 Å². The zero-order valence-electron chi connectivity index (χ0n) is 8.63. The summed E-state index contributed by atoms with van der Waals surface area (Å²) in [6.07, 6.45) is 0. The van der Waals surface area contributed by atoms with Crippen molar-refractivity contribution in [2.75, 3.05) is 12.4 Å². The highest BCUT2D eigenvalue weighted by Gasteiger charge is 2.02. The molecule has 0 aliphatic heterocycles. The van der Waals surface area contributed by atoms with E-state index in [1.807, 2.05) is 18.2 Å². The average molecular weight is 220 g/mol. The normalized spacial score (nSPS) is 10.3. The Balaban J connectivity index is 2.35. The van der Waals surface area contributed by atoms with Gasteiger partial charge in [0, 0.05) is 17.6 Å². The van der Waals surface area contributed by atoms with Gasteiger partial charge in [-0.05, 0) is 35.2 Å². The molecule has 0 saturated heterocycles. The molecule has 78 valence electrons. The maximum absolute atomic E-state index is 11.1.